The third kappa shape index (κ3) is 6.63. The topological polar surface area (TPSA) is 94.6 Å². The van der Waals surface area contributed by atoms with E-state index in [1.54, 1.807) is 31.4 Å². The number of ether oxygens (including phenoxy) is 2. The summed E-state index contributed by atoms with van der Waals surface area (Å²) in [6.45, 7) is -0.453. The van der Waals surface area contributed by atoms with Crippen LogP contribution in [0, 0.1) is 0 Å². The molecule has 0 aliphatic heterocycles. The number of methoxy groups -OCH3 is 1. The first-order chi connectivity index (χ1) is 14.9. The number of amides is 1. The van der Waals surface area contributed by atoms with Gasteiger partial charge in [-0.3, -0.25) is 19.7 Å². The van der Waals surface area contributed by atoms with Crippen LogP contribution >= 0.6 is 22.9 Å². The fraction of sp³-hybridized carbons (Fsp3) is 0.182. The van der Waals surface area contributed by atoms with Gasteiger partial charge in [0.05, 0.1) is 19.2 Å². The molecular weight excluding hydrogens is 440 g/mol. The maximum atomic E-state index is 12.1. The number of anilines is 1. The Morgan fingerprint density at radius 2 is 1.74 bits per heavy atom. The smallest absolute Gasteiger partial charge is 0.306 e. The zero-order valence-corrected chi connectivity index (χ0v) is 18.2. The second kappa shape index (κ2) is 10.7. The summed E-state index contributed by atoms with van der Waals surface area (Å²) in [6.07, 6.45) is -0.132. The molecule has 1 amide bonds. The Balaban J connectivity index is 1.42. The normalized spacial score (nSPS) is 10.4. The van der Waals surface area contributed by atoms with Crippen molar-refractivity contribution >= 4 is 45.7 Å². The van der Waals surface area contributed by atoms with Crippen LogP contribution in [0.5, 0.6) is 5.75 Å². The molecule has 0 unspecified atom stereocenters. The van der Waals surface area contributed by atoms with E-state index < -0.39 is 18.5 Å². The van der Waals surface area contributed by atoms with Gasteiger partial charge in [-0.2, -0.15) is 0 Å². The van der Waals surface area contributed by atoms with E-state index in [9.17, 15) is 14.4 Å². The van der Waals surface area contributed by atoms with Crippen LogP contribution in [0.1, 0.15) is 23.2 Å². The molecule has 3 rings (SSSR count). The van der Waals surface area contributed by atoms with Gasteiger partial charge < -0.3 is 9.47 Å². The van der Waals surface area contributed by atoms with Gasteiger partial charge in [0.1, 0.15) is 5.75 Å². The predicted molar refractivity (Wildman–Crippen MR) is 119 cm³/mol. The summed E-state index contributed by atoms with van der Waals surface area (Å²) in [5.74, 6) is -0.598. The van der Waals surface area contributed by atoms with Crippen LogP contribution in [0.15, 0.2) is 53.9 Å². The van der Waals surface area contributed by atoms with Crippen molar-refractivity contribution in [3.8, 4) is 17.0 Å². The summed E-state index contributed by atoms with van der Waals surface area (Å²) in [5, 5.41) is 5.32. The summed E-state index contributed by atoms with van der Waals surface area (Å²) in [6, 6.07) is 13.8. The molecule has 3 aromatic rings. The fourth-order valence-corrected chi connectivity index (χ4v) is 3.46. The van der Waals surface area contributed by atoms with Crippen molar-refractivity contribution in [2.24, 2.45) is 0 Å². The summed E-state index contributed by atoms with van der Waals surface area (Å²) in [5.41, 5.74) is 2.06. The van der Waals surface area contributed by atoms with Crippen LogP contribution in [0.25, 0.3) is 11.3 Å². The van der Waals surface area contributed by atoms with Crippen molar-refractivity contribution in [2.45, 2.75) is 12.8 Å². The number of benzene rings is 2. The van der Waals surface area contributed by atoms with Crippen LogP contribution in [0.4, 0.5) is 5.13 Å². The molecule has 0 aliphatic carbocycles. The number of halogens is 1. The lowest BCUT2D eigenvalue weighted by Gasteiger charge is -2.05. The number of carbonyl (C=O) groups excluding carboxylic acids is 3. The van der Waals surface area contributed by atoms with Gasteiger partial charge in [-0.25, -0.2) is 4.98 Å². The van der Waals surface area contributed by atoms with E-state index in [4.69, 9.17) is 21.1 Å². The average molecular weight is 459 g/mol. The first kappa shape index (κ1) is 22.5. The van der Waals surface area contributed by atoms with Gasteiger partial charge in [-0.05, 0) is 48.5 Å². The summed E-state index contributed by atoms with van der Waals surface area (Å²) in [4.78, 5) is 40.3. The van der Waals surface area contributed by atoms with Crippen molar-refractivity contribution in [1.29, 1.82) is 0 Å². The van der Waals surface area contributed by atoms with E-state index in [1.807, 2.05) is 29.6 Å². The highest BCUT2D eigenvalue weighted by Gasteiger charge is 2.13. The number of nitrogens with zero attached hydrogens (tertiary/aromatic N) is 1. The molecule has 7 nitrogen and oxygen atoms in total. The number of esters is 1. The molecule has 1 aromatic heterocycles. The zero-order chi connectivity index (χ0) is 22.2. The zero-order valence-electron chi connectivity index (χ0n) is 16.6. The lowest BCUT2D eigenvalue weighted by atomic mass is 10.1. The van der Waals surface area contributed by atoms with E-state index >= 15 is 0 Å². The van der Waals surface area contributed by atoms with Crippen molar-refractivity contribution in [1.82, 2.24) is 4.98 Å². The van der Waals surface area contributed by atoms with Gasteiger partial charge in [0, 0.05) is 28.0 Å². The highest BCUT2D eigenvalue weighted by molar-refractivity contribution is 7.14. The molecule has 0 atom stereocenters. The molecule has 0 saturated heterocycles. The van der Waals surface area contributed by atoms with Gasteiger partial charge in [0.15, 0.2) is 17.5 Å². The number of hydrogen-bond acceptors (Lipinski definition) is 7. The van der Waals surface area contributed by atoms with Gasteiger partial charge in [0.25, 0.3) is 5.91 Å². The Bertz CT molecular complexity index is 1060. The highest BCUT2D eigenvalue weighted by Crippen LogP contribution is 2.26. The lowest BCUT2D eigenvalue weighted by molar-refractivity contribution is -0.147. The standard InChI is InChI=1S/C22H19ClN2O5S/c1-29-17-8-4-14(5-9-17)18-13-31-22(24-18)25-20(27)12-30-21(28)11-10-19(26)15-2-6-16(23)7-3-15/h2-9,13H,10-12H2,1H3,(H,24,25,27). The molecule has 9 heteroatoms. The molecule has 0 saturated carbocycles. The molecule has 1 heterocycles. The average Bonchev–Trinajstić information content (AvgIpc) is 3.25. The third-order valence-electron chi connectivity index (χ3n) is 4.22. The molecule has 160 valence electrons. The molecule has 0 radical (unpaired) electrons. The maximum Gasteiger partial charge on any atom is 0.306 e. The summed E-state index contributed by atoms with van der Waals surface area (Å²) >= 11 is 7.05. The number of Topliss-reactive ketones (excluding diaryl/α,β-unsaturated/α-hetero) is 1. The van der Waals surface area contributed by atoms with E-state index in [0.29, 0.717) is 21.4 Å². The minimum absolute atomic E-state index is 0.0141. The molecule has 0 fully saturated rings. The van der Waals surface area contributed by atoms with Crippen molar-refractivity contribution in [3.05, 3.63) is 64.5 Å². The minimum Gasteiger partial charge on any atom is -0.497 e. The maximum absolute atomic E-state index is 12.1. The molecule has 1 N–H and O–H groups in total. The van der Waals surface area contributed by atoms with Crippen LogP contribution in [0.2, 0.25) is 5.02 Å². The van der Waals surface area contributed by atoms with E-state index in [2.05, 4.69) is 10.3 Å². The van der Waals surface area contributed by atoms with Crippen molar-refractivity contribution < 1.29 is 23.9 Å². The van der Waals surface area contributed by atoms with E-state index in [1.165, 1.54) is 11.3 Å². The number of aromatic nitrogens is 1. The number of nitrogens with one attached hydrogen (secondary N) is 1. The van der Waals surface area contributed by atoms with Crippen LogP contribution in [-0.4, -0.2) is 36.4 Å². The van der Waals surface area contributed by atoms with Gasteiger partial charge in [0.2, 0.25) is 0 Å². The fourth-order valence-electron chi connectivity index (χ4n) is 2.59. The highest BCUT2D eigenvalue weighted by atomic mass is 35.5. The second-order valence-electron chi connectivity index (χ2n) is 6.41. The quantitative estimate of drug-likeness (QED) is 0.371. The van der Waals surface area contributed by atoms with Crippen molar-refractivity contribution in [2.75, 3.05) is 19.0 Å². The van der Waals surface area contributed by atoms with Crippen molar-refractivity contribution in [3.63, 3.8) is 0 Å². The predicted octanol–water partition coefficient (Wildman–Crippen LogP) is 4.62. The van der Waals surface area contributed by atoms with Crippen LogP contribution < -0.4 is 10.1 Å². The molecule has 2 aromatic carbocycles. The SMILES string of the molecule is COc1ccc(-c2csc(NC(=O)COC(=O)CCC(=O)c3ccc(Cl)cc3)n2)cc1. The Kier molecular flexibility index (Phi) is 7.75. The summed E-state index contributed by atoms with van der Waals surface area (Å²) < 4.78 is 10.1. The van der Waals surface area contributed by atoms with Crippen LogP contribution in [-0.2, 0) is 14.3 Å². The van der Waals surface area contributed by atoms with Gasteiger partial charge in [-0.15, -0.1) is 11.3 Å². The Hall–Kier alpha value is -3.23. The number of carbonyl (C=O) groups is 3. The van der Waals surface area contributed by atoms with Gasteiger partial charge >= 0.3 is 5.97 Å². The summed E-state index contributed by atoms with van der Waals surface area (Å²) in [7, 11) is 1.59. The van der Waals surface area contributed by atoms with Crippen LogP contribution in [0.3, 0.4) is 0 Å². The second-order valence-corrected chi connectivity index (χ2v) is 7.70. The molecule has 0 aliphatic rings. The molecular formula is C22H19ClN2O5S. The first-order valence-corrected chi connectivity index (χ1v) is 10.5. The first-order valence-electron chi connectivity index (χ1n) is 9.29. The largest absolute Gasteiger partial charge is 0.497 e. The van der Waals surface area contributed by atoms with E-state index in [0.717, 1.165) is 11.3 Å². The third-order valence-corrected chi connectivity index (χ3v) is 5.23. The number of hydrogen-bond donors (Lipinski definition) is 1. The Morgan fingerprint density at radius 1 is 1.03 bits per heavy atom. The number of ketones is 1. The van der Waals surface area contributed by atoms with Gasteiger partial charge in [-0.1, -0.05) is 11.6 Å². The minimum atomic E-state index is -0.629. The van der Waals surface area contributed by atoms with E-state index in [-0.39, 0.29) is 18.6 Å². The molecule has 0 spiro atoms. The Morgan fingerprint density at radius 3 is 2.42 bits per heavy atom. The molecule has 31 heavy (non-hydrogen) atoms. The number of rotatable bonds is 9. The molecule has 0 bridgehead atoms. The monoisotopic (exact) mass is 458 g/mol. The lowest BCUT2D eigenvalue weighted by Crippen LogP contribution is -2.21. The Labute approximate surface area is 188 Å². The number of thiazole rings is 1.